The fourth-order valence-corrected chi connectivity index (χ4v) is 5.63. The second-order valence-corrected chi connectivity index (χ2v) is 8.93. The number of rotatable bonds is 7. The molecule has 1 aliphatic heterocycles. The summed E-state index contributed by atoms with van der Waals surface area (Å²) in [6, 6.07) is 8.12. The van der Waals surface area contributed by atoms with Crippen LogP contribution in [0.5, 0.6) is 0 Å². The number of thiophene rings is 1. The SMILES string of the molecule is CC(=O)CNCCC(=O)Nc1sc2c(c1-c1nc3ccccc3s1)CCNC2. The molecule has 4 rings (SSSR count). The summed E-state index contributed by atoms with van der Waals surface area (Å²) < 4.78 is 1.15. The molecule has 0 radical (unpaired) electrons. The van der Waals surface area contributed by atoms with E-state index in [0.717, 1.165) is 45.3 Å². The highest BCUT2D eigenvalue weighted by Gasteiger charge is 2.24. The number of amides is 1. The highest BCUT2D eigenvalue weighted by Crippen LogP contribution is 2.44. The molecule has 0 bridgehead atoms. The summed E-state index contributed by atoms with van der Waals surface area (Å²) in [7, 11) is 0. The maximum absolute atomic E-state index is 12.5. The molecule has 2 aromatic heterocycles. The summed E-state index contributed by atoms with van der Waals surface area (Å²) in [6.07, 6.45) is 1.26. The third kappa shape index (κ3) is 4.15. The Hall–Kier alpha value is -2.13. The quantitative estimate of drug-likeness (QED) is 0.517. The number of benzene rings is 1. The van der Waals surface area contributed by atoms with Gasteiger partial charge in [-0.2, -0.15) is 0 Å². The lowest BCUT2D eigenvalue weighted by atomic mass is 10.0. The van der Waals surface area contributed by atoms with Crippen LogP contribution in [-0.2, 0) is 22.6 Å². The summed E-state index contributed by atoms with van der Waals surface area (Å²) in [5.41, 5.74) is 3.36. The third-order valence-corrected chi connectivity index (χ3v) is 6.79. The van der Waals surface area contributed by atoms with Crippen molar-refractivity contribution in [2.45, 2.75) is 26.3 Å². The Balaban J connectivity index is 1.59. The molecule has 0 atom stereocenters. The van der Waals surface area contributed by atoms with Crippen molar-refractivity contribution in [3.63, 3.8) is 0 Å². The number of carbonyl (C=O) groups excluding carboxylic acids is 2. The highest BCUT2D eigenvalue weighted by atomic mass is 32.1. The number of fused-ring (bicyclic) bond motifs is 2. The van der Waals surface area contributed by atoms with Gasteiger partial charge in [-0.15, -0.1) is 22.7 Å². The number of hydrogen-bond donors (Lipinski definition) is 3. The molecule has 0 saturated heterocycles. The Kier molecular flexibility index (Phi) is 5.82. The number of aromatic nitrogens is 1. The molecular formula is C20H22N4O2S2. The first kappa shape index (κ1) is 19.2. The molecule has 0 spiro atoms. The number of nitrogens with one attached hydrogen (secondary N) is 3. The van der Waals surface area contributed by atoms with E-state index in [9.17, 15) is 9.59 Å². The zero-order valence-electron chi connectivity index (χ0n) is 15.6. The Labute approximate surface area is 171 Å². The first-order chi connectivity index (χ1) is 13.6. The van der Waals surface area contributed by atoms with Gasteiger partial charge in [0.2, 0.25) is 5.91 Å². The van der Waals surface area contributed by atoms with Gasteiger partial charge in [-0.1, -0.05) is 12.1 Å². The molecule has 1 aliphatic rings. The zero-order valence-corrected chi connectivity index (χ0v) is 17.3. The molecule has 146 valence electrons. The van der Waals surface area contributed by atoms with Gasteiger partial charge in [-0.3, -0.25) is 9.59 Å². The Morgan fingerprint density at radius 2 is 2.11 bits per heavy atom. The van der Waals surface area contributed by atoms with Gasteiger partial charge in [0.1, 0.15) is 15.8 Å². The minimum Gasteiger partial charge on any atom is -0.317 e. The number of carbonyl (C=O) groups is 2. The second-order valence-electron chi connectivity index (χ2n) is 6.80. The van der Waals surface area contributed by atoms with E-state index in [2.05, 4.69) is 22.0 Å². The van der Waals surface area contributed by atoms with Gasteiger partial charge in [0.15, 0.2) is 0 Å². The van der Waals surface area contributed by atoms with Crippen LogP contribution in [-0.4, -0.2) is 36.3 Å². The molecule has 28 heavy (non-hydrogen) atoms. The number of para-hydroxylation sites is 1. The van der Waals surface area contributed by atoms with Gasteiger partial charge in [-0.05, 0) is 37.6 Å². The molecule has 3 heterocycles. The molecule has 0 aliphatic carbocycles. The number of thiazole rings is 1. The first-order valence-electron chi connectivity index (χ1n) is 9.33. The van der Waals surface area contributed by atoms with E-state index in [4.69, 9.17) is 4.98 Å². The van der Waals surface area contributed by atoms with Crippen LogP contribution in [0.15, 0.2) is 24.3 Å². The van der Waals surface area contributed by atoms with Crippen LogP contribution in [0.2, 0.25) is 0 Å². The van der Waals surface area contributed by atoms with Gasteiger partial charge >= 0.3 is 0 Å². The molecule has 6 nitrogen and oxygen atoms in total. The van der Waals surface area contributed by atoms with Crippen molar-refractivity contribution in [1.29, 1.82) is 0 Å². The van der Waals surface area contributed by atoms with E-state index >= 15 is 0 Å². The van der Waals surface area contributed by atoms with E-state index in [1.165, 1.54) is 17.4 Å². The fraction of sp³-hybridized carbons (Fsp3) is 0.350. The van der Waals surface area contributed by atoms with E-state index in [0.29, 0.717) is 19.5 Å². The first-order valence-corrected chi connectivity index (χ1v) is 11.0. The van der Waals surface area contributed by atoms with Crippen LogP contribution in [0.1, 0.15) is 23.8 Å². The van der Waals surface area contributed by atoms with Gasteiger partial charge in [-0.25, -0.2) is 4.98 Å². The molecule has 0 fully saturated rings. The third-order valence-electron chi connectivity index (χ3n) is 4.59. The molecule has 3 N–H and O–H groups in total. The van der Waals surface area contributed by atoms with Crippen molar-refractivity contribution >= 4 is 49.6 Å². The maximum Gasteiger partial charge on any atom is 0.226 e. The standard InChI is InChI=1S/C20H22N4O2S2/c1-12(25)10-21-9-7-17(26)24-20-18(13-6-8-22-11-16(13)28-20)19-23-14-4-2-3-5-15(14)27-19/h2-5,21-22H,6-11H2,1H3,(H,24,26). The number of nitrogens with zero attached hydrogens (tertiary/aromatic N) is 1. The highest BCUT2D eigenvalue weighted by molar-refractivity contribution is 7.22. The largest absolute Gasteiger partial charge is 0.317 e. The lowest BCUT2D eigenvalue weighted by Gasteiger charge is -2.13. The van der Waals surface area contributed by atoms with Crippen molar-refractivity contribution in [1.82, 2.24) is 15.6 Å². The lowest BCUT2D eigenvalue weighted by Crippen LogP contribution is -2.25. The Morgan fingerprint density at radius 3 is 2.93 bits per heavy atom. The molecule has 1 aromatic carbocycles. The van der Waals surface area contributed by atoms with E-state index in [-0.39, 0.29) is 11.7 Å². The molecule has 3 aromatic rings. The van der Waals surface area contributed by atoms with Crippen molar-refractivity contribution < 1.29 is 9.59 Å². The average Bonchev–Trinajstić information content (AvgIpc) is 3.25. The predicted molar refractivity (Wildman–Crippen MR) is 115 cm³/mol. The predicted octanol–water partition coefficient (Wildman–Crippen LogP) is 3.18. The lowest BCUT2D eigenvalue weighted by molar-refractivity contribution is -0.117. The Bertz CT molecular complexity index is 992. The minimum absolute atomic E-state index is 0.0510. The molecule has 0 saturated carbocycles. The van der Waals surface area contributed by atoms with Gasteiger partial charge in [0.25, 0.3) is 0 Å². The second kappa shape index (κ2) is 8.48. The number of hydrogen-bond acceptors (Lipinski definition) is 7. The van der Waals surface area contributed by atoms with Crippen molar-refractivity contribution in [2.75, 3.05) is 25.0 Å². The van der Waals surface area contributed by atoms with Crippen LogP contribution in [0.25, 0.3) is 20.8 Å². The number of Topliss-reactive ketones (excluding diaryl/α,β-unsaturated/α-hetero) is 1. The van der Waals surface area contributed by atoms with Crippen molar-refractivity contribution in [3.8, 4) is 10.6 Å². The monoisotopic (exact) mass is 414 g/mol. The molecule has 1 amide bonds. The van der Waals surface area contributed by atoms with E-state index in [1.54, 1.807) is 22.7 Å². The van der Waals surface area contributed by atoms with Gasteiger partial charge in [0, 0.05) is 30.0 Å². The maximum atomic E-state index is 12.5. The average molecular weight is 415 g/mol. The van der Waals surface area contributed by atoms with Crippen LogP contribution in [0.3, 0.4) is 0 Å². The summed E-state index contributed by atoms with van der Waals surface area (Å²) in [5, 5.41) is 11.3. The van der Waals surface area contributed by atoms with Crippen LogP contribution >= 0.6 is 22.7 Å². The van der Waals surface area contributed by atoms with Crippen molar-refractivity contribution in [2.24, 2.45) is 0 Å². The normalized spacial score (nSPS) is 13.5. The van der Waals surface area contributed by atoms with E-state index < -0.39 is 0 Å². The zero-order chi connectivity index (χ0) is 19.5. The van der Waals surface area contributed by atoms with E-state index in [1.807, 2.05) is 18.2 Å². The minimum atomic E-state index is -0.0510. The Morgan fingerprint density at radius 1 is 1.25 bits per heavy atom. The summed E-state index contributed by atoms with van der Waals surface area (Å²) in [6.45, 7) is 4.07. The number of ketones is 1. The fourth-order valence-electron chi connectivity index (χ4n) is 3.28. The molecule has 0 unspecified atom stereocenters. The topological polar surface area (TPSA) is 83.1 Å². The molecule has 8 heteroatoms. The smallest absolute Gasteiger partial charge is 0.226 e. The van der Waals surface area contributed by atoms with Crippen LogP contribution in [0.4, 0.5) is 5.00 Å². The summed E-state index contributed by atoms with van der Waals surface area (Å²) in [5.74, 6) is 0.0157. The van der Waals surface area contributed by atoms with Gasteiger partial charge in [0.05, 0.1) is 16.8 Å². The van der Waals surface area contributed by atoms with Gasteiger partial charge < -0.3 is 16.0 Å². The number of anilines is 1. The van der Waals surface area contributed by atoms with Crippen LogP contribution in [0, 0.1) is 0 Å². The summed E-state index contributed by atoms with van der Waals surface area (Å²) >= 11 is 3.30. The van der Waals surface area contributed by atoms with Crippen molar-refractivity contribution in [3.05, 3.63) is 34.7 Å². The molecular weight excluding hydrogens is 392 g/mol. The summed E-state index contributed by atoms with van der Waals surface area (Å²) in [4.78, 5) is 29.6. The van der Waals surface area contributed by atoms with Crippen LogP contribution < -0.4 is 16.0 Å².